The number of aryl methyl sites for hydroxylation is 2. The quantitative estimate of drug-likeness (QED) is 0.297. The first-order valence-electron chi connectivity index (χ1n) is 11.2. The van der Waals surface area contributed by atoms with Gasteiger partial charge in [0.15, 0.2) is 0 Å². The molecule has 0 aliphatic carbocycles. The average molecular weight is 522 g/mol. The van der Waals surface area contributed by atoms with E-state index in [9.17, 15) is 13.2 Å². The maximum absolute atomic E-state index is 12.8. The largest absolute Gasteiger partial charge is 0.493 e. The number of aromatic nitrogens is 1. The van der Waals surface area contributed by atoms with Crippen LogP contribution in [0.4, 0.5) is 0 Å². The number of amidine groups is 3. The predicted molar refractivity (Wildman–Crippen MR) is 143 cm³/mol. The molecule has 184 valence electrons. The van der Waals surface area contributed by atoms with Gasteiger partial charge in [-0.05, 0) is 37.1 Å². The van der Waals surface area contributed by atoms with Gasteiger partial charge in [-0.15, -0.1) is 0 Å². The van der Waals surface area contributed by atoms with Gasteiger partial charge in [0.05, 0.1) is 24.1 Å². The van der Waals surface area contributed by atoms with Crippen molar-refractivity contribution in [2.45, 2.75) is 19.9 Å². The minimum absolute atomic E-state index is 0.00314. The van der Waals surface area contributed by atoms with Gasteiger partial charge in [0, 0.05) is 35.5 Å². The summed E-state index contributed by atoms with van der Waals surface area (Å²) in [6.07, 6.45) is 5.30. The lowest BCUT2D eigenvalue weighted by Crippen LogP contribution is -2.45. The van der Waals surface area contributed by atoms with E-state index in [1.54, 1.807) is 6.08 Å². The van der Waals surface area contributed by atoms with Gasteiger partial charge in [0.1, 0.15) is 11.6 Å². The zero-order valence-corrected chi connectivity index (χ0v) is 21.3. The molecule has 0 saturated carbocycles. The van der Waals surface area contributed by atoms with Gasteiger partial charge in [-0.3, -0.25) is 10.2 Å². The molecule has 3 aromatic rings. The average Bonchev–Trinajstić information content (AvgIpc) is 3.42. The molecular formula is C25H23N5O4S2. The molecule has 0 spiro atoms. The Morgan fingerprint density at radius 1 is 1.14 bits per heavy atom. The van der Waals surface area contributed by atoms with E-state index in [-0.39, 0.29) is 21.7 Å². The van der Waals surface area contributed by atoms with Crippen LogP contribution in [0.3, 0.4) is 0 Å². The smallest absolute Gasteiger partial charge is 0.283 e. The number of hydrogen-bond acceptors (Lipinski definition) is 7. The summed E-state index contributed by atoms with van der Waals surface area (Å²) in [5.41, 5.74) is 2.81. The fourth-order valence-electron chi connectivity index (χ4n) is 4.10. The maximum Gasteiger partial charge on any atom is 0.283 e. The summed E-state index contributed by atoms with van der Waals surface area (Å²) in [7, 11) is -3.71. The highest BCUT2D eigenvalue weighted by Gasteiger charge is 2.41. The monoisotopic (exact) mass is 521 g/mol. The second-order valence-electron chi connectivity index (χ2n) is 8.44. The van der Waals surface area contributed by atoms with Gasteiger partial charge in [-0.25, -0.2) is 13.3 Å². The van der Waals surface area contributed by atoms with Gasteiger partial charge in [0.25, 0.3) is 5.91 Å². The molecule has 36 heavy (non-hydrogen) atoms. The van der Waals surface area contributed by atoms with Crippen molar-refractivity contribution >= 4 is 60.8 Å². The molecule has 11 heteroatoms. The summed E-state index contributed by atoms with van der Waals surface area (Å²) in [4.78, 5) is 17.8. The SMILES string of the molecule is Cc1ccccc1OCCCn1cc(/C=C2/C(=N)N3C(=NC2=O)SN=C3S(C)(=O)=O)c2ccccc21. The van der Waals surface area contributed by atoms with Crippen molar-refractivity contribution in [3.63, 3.8) is 0 Å². The number of nitrogens with zero attached hydrogens (tertiary/aromatic N) is 4. The van der Waals surface area contributed by atoms with Crippen molar-refractivity contribution < 1.29 is 17.9 Å². The van der Waals surface area contributed by atoms with Gasteiger partial charge >= 0.3 is 0 Å². The molecule has 2 aliphatic heterocycles. The van der Waals surface area contributed by atoms with Gasteiger partial charge in [0.2, 0.25) is 20.2 Å². The second kappa shape index (κ2) is 9.40. The van der Waals surface area contributed by atoms with Crippen molar-refractivity contribution in [2.75, 3.05) is 12.9 Å². The topological polar surface area (TPSA) is 117 Å². The number of amides is 1. The minimum Gasteiger partial charge on any atom is -0.493 e. The third-order valence-corrected chi connectivity index (χ3v) is 7.59. The van der Waals surface area contributed by atoms with Crippen molar-refractivity contribution in [3.8, 4) is 5.75 Å². The highest BCUT2D eigenvalue weighted by molar-refractivity contribution is 8.16. The van der Waals surface area contributed by atoms with Crippen LogP contribution < -0.4 is 4.74 Å². The lowest BCUT2D eigenvalue weighted by Gasteiger charge is -2.23. The van der Waals surface area contributed by atoms with Crippen LogP contribution in [-0.4, -0.2) is 52.8 Å². The number of carbonyl (C=O) groups is 1. The Morgan fingerprint density at radius 2 is 1.89 bits per heavy atom. The summed E-state index contributed by atoms with van der Waals surface area (Å²) in [5.74, 6) is 0.00131. The lowest BCUT2D eigenvalue weighted by atomic mass is 10.1. The molecule has 1 N–H and O–H groups in total. The first-order chi connectivity index (χ1) is 17.2. The molecule has 2 aromatic carbocycles. The third-order valence-electron chi connectivity index (χ3n) is 5.84. The third kappa shape index (κ3) is 4.47. The number of nitrogens with one attached hydrogen (secondary N) is 1. The number of para-hydroxylation sites is 2. The van der Waals surface area contributed by atoms with Crippen LogP contribution in [0.5, 0.6) is 5.75 Å². The summed E-state index contributed by atoms with van der Waals surface area (Å²) >= 11 is 0.774. The molecule has 1 aromatic heterocycles. The van der Waals surface area contributed by atoms with Crippen LogP contribution in [0.25, 0.3) is 17.0 Å². The van der Waals surface area contributed by atoms with Gasteiger partial charge < -0.3 is 9.30 Å². The number of sulfone groups is 1. The lowest BCUT2D eigenvalue weighted by molar-refractivity contribution is -0.114. The number of carbonyl (C=O) groups excluding carboxylic acids is 1. The number of benzene rings is 2. The van der Waals surface area contributed by atoms with E-state index in [1.807, 2.05) is 61.7 Å². The van der Waals surface area contributed by atoms with Crippen molar-refractivity contribution in [2.24, 2.45) is 9.39 Å². The Hall–Kier alpha value is -3.70. The second-order valence-corrected chi connectivity index (χ2v) is 11.1. The summed E-state index contributed by atoms with van der Waals surface area (Å²) < 4.78 is 36.2. The molecule has 9 nitrogen and oxygen atoms in total. The number of aliphatic imine (C=N–C) groups is 1. The first-order valence-corrected chi connectivity index (χ1v) is 13.9. The molecule has 3 heterocycles. The Morgan fingerprint density at radius 3 is 2.67 bits per heavy atom. The van der Waals surface area contributed by atoms with Crippen molar-refractivity contribution in [3.05, 3.63) is 71.4 Å². The highest BCUT2D eigenvalue weighted by atomic mass is 32.2. The van der Waals surface area contributed by atoms with Gasteiger partial charge in [-0.2, -0.15) is 9.39 Å². The van der Waals surface area contributed by atoms with Crippen LogP contribution >= 0.6 is 11.9 Å². The molecule has 0 saturated heterocycles. The molecule has 2 aliphatic rings. The van der Waals surface area contributed by atoms with Crippen LogP contribution in [0.1, 0.15) is 17.5 Å². The van der Waals surface area contributed by atoms with Gasteiger partial charge in [-0.1, -0.05) is 36.4 Å². The van der Waals surface area contributed by atoms with Crippen LogP contribution in [0.15, 0.2) is 69.7 Å². The molecule has 0 fully saturated rings. The van der Waals surface area contributed by atoms with Crippen molar-refractivity contribution in [1.82, 2.24) is 9.47 Å². The Kier molecular flexibility index (Phi) is 6.27. The molecule has 0 unspecified atom stereocenters. The zero-order valence-electron chi connectivity index (χ0n) is 19.6. The van der Waals surface area contributed by atoms with E-state index in [2.05, 4.69) is 14.0 Å². The molecular weight excluding hydrogens is 498 g/mol. The summed E-state index contributed by atoms with van der Waals surface area (Å²) in [6.45, 7) is 3.25. The molecule has 1 amide bonds. The zero-order chi connectivity index (χ0) is 25.4. The molecule has 5 rings (SSSR count). The number of rotatable bonds is 6. The van der Waals surface area contributed by atoms with E-state index >= 15 is 0 Å². The normalized spacial score (nSPS) is 16.9. The molecule has 0 radical (unpaired) electrons. The fourth-order valence-corrected chi connectivity index (χ4v) is 5.95. The van der Waals surface area contributed by atoms with Crippen LogP contribution in [-0.2, 0) is 21.2 Å². The standard InChI is InChI=1S/C25H23N5O4S2/c1-16-8-3-6-11-21(16)34-13-7-12-29-15-17(18-9-4-5-10-20(18)29)14-19-22(26)30-24(27-23(19)31)35-28-25(30)36(2,32)33/h3-6,8-11,14-15,26H,7,12-13H2,1-2H3/b19-14-,26-22?. The van der Waals surface area contributed by atoms with Crippen molar-refractivity contribution in [1.29, 1.82) is 5.41 Å². The fraction of sp³-hybridized carbons (Fsp3) is 0.200. The van der Waals surface area contributed by atoms with E-state index in [0.29, 0.717) is 13.2 Å². The van der Waals surface area contributed by atoms with Crippen LogP contribution in [0.2, 0.25) is 0 Å². The van der Waals surface area contributed by atoms with E-state index in [1.165, 1.54) is 0 Å². The summed E-state index contributed by atoms with van der Waals surface area (Å²) in [6, 6.07) is 15.7. The Labute approximate surface area is 212 Å². The predicted octanol–water partition coefficient (Wildman–Crippen LogP) is 4.04. The Balaban J connectivity index is 1.41. The number of fused-ring (bicyclic) bond motifs is 2. The van der Waals surface area contributed by atoms with E-state index < -0.39 is 15.7 Å². The highest BCUT2D eigenvalue weighted by Crippen LogP contribution is 2.31. The first kappa shape index (κ1) is 24.0. The van der Waals surface area contributed by atoms with E-state index in [4.69, 9.17) is 10.1 Å². The van der Waals surface area contributed by atoms with Crippen LogP contribution in [0, 0.1) is 12.3 Å². The van der Waals surface area contributed by atoms with E-state index in [0.717, 1.165) is 57.3 Å². The minimum atomic E-state index is -3.71. The summed E-state index contributed by atoms with van der Waals surface area (Å²) in [5, 5.41) is 9.27. The number of hydrogen-bond donors (Lipinski definition) is 1. The Bertz CT molecular complexity index is 1600. The maximum atomic E-state index is 12.8. The number of ether oxygens (including phenoxy) is 1. The molecule has 0 atom stereocenters. The molecule has 0 bridgehead atoms.